The number of rotatable bonds is 5. The monoisotopic (exact) mass is 289 g/mol. The van der Waals surface area contributed by atoms with Crippen LogP contribution >= 0.6 is 15.9 Å². The third-order valence-corrected chi connectivity index (χ3v) is 2.60. The van der Waals surface area contributed by atoms with Crippen LogP contribution in [0.5, 0.6) is 0 Å². The molecular weight excluding hydrogens is 278 g/mol. The fraction of sp³-hybridized carbons (Fsp3) is 0.444. The van der Waals surface area contributed by atoms with Crippen molar-refractivity contribution in [2.75, 3.05) is 19.0 Å². The van der Waals surface area contributed by atoms with Gasteiger partial charge in [0.1, 0.15) is 12.0 Å². The molecule has 1 heterocycles. The van der Waals surface area contributed by atoms with Gasteiger partial charge in [0.05, 0.1) is 15.5 Å². The Kier molecular flexibility index (Phi) is 4.63. The summed E-state index contributed by atoms with van der Waals surface area (Å²) in [6, 6.07) is 1.41. The van der Waals surface area contributed by atoms with E-state index in [0.717, 1.165) is 0 Å². The minimum Gasteiger partial charge on any atom is -0.380 e. The second-order valence-electron chi connectivity index (χ2n) is 3.21. The Bertz CT molecular complexity index is 386. The van der Waals surface area contributed by atoms with E-state index in [2.05, 4.69) is 26.2 Å². The highest BCUT2D eigenvalue weighted by atomic mass is 79.9. The summed E-state index contributed by atoms with van der Waals surface area (Å²) in [5.41, 5.74) is -0.0442. The van der Waals surface area contributed by atoms with Crippen LogP contribution in [0.4, 0.5) is 11.5 Å². The Morgan fingerprint density at radius 2 is 2.44 bits per heavy atom. The number of nitrogens with zero attached hydrogens (tertiary/aromatic N) is 2. The van der Waals surface area contributed by atoms with Gasteiger partial charge in [-0.25, -0.2) is 4.98 Å². The summed E-state index contributed by atoms with van der Waals surface area (Å²) in [5, 5.41) is 13.5. The van der Waals surface area contributed by atoms with E-state index < -0.39 is 4.92 Å². The molecule has 0 aromatic carbocycles. The molecule has 0 aliphatic carbocycles. The van der Waals surface area contributed by atoms with Crippen molar-refractivity contribution < 1.29 is 9.66 Å². The Labute approximate surface area is 101 Å². The third-order valence-electron chi connectivity index (χ3n) is 2.00. The number of halogens is 1. The van der Waals surface area contributed by atoms with Crippen molar-refractivity contribution >= 4 is 27.4 Å². The van der Waals surface area contributed by atoms with Crippen molar-refractivity contribution in [1.29, 1.82) is 0 Å². The first-order chi connectivity index (χ1) is 7.54. The summed E-state index contributed by atoms with van der Waals surface area (Å²) in [7, 11) is 1.62. The molecule has 0 spiro atoms. The van der Waals surface area contributed by atoms with Crippen LogP contribution in [0.1, 0.15) is 6.92 Å². The van der Waals surface area contributed by atoms with Crippen LogP contribution in [0, 0.1) is 10.1 Å². The van der Waals surface area contributed by atoms with Gasteiger partial charge in [0, 0.05) is 19.7 Å². The summed E-state index contributed by atoms with van der Waals surface area (Å²) in [5.74, 6) is 0.564. The van der Waals surface area contributed by atoms with Gasteiger partial charge in [-0.1, -0.05) is 0 Å². The smallest absolute Gasteiger partial charge is 0.288 e. The lowest BCUT2D eigenvalue weighted by atomic mass is 10.3. The standard InChI is InChI=1S/C9H12BrN3O3/c1-6(16-2)4-11-9-8(10)3-7(5-12-9)13(14)15/h3,5-6H,4H2,1-2H3,(H,11,12). The Morgan fingerprint density at radius 3 is 2.94 bits per heavy atom. The molecule has 0 amide bonds. The highest BCUT2D eigenvalue weighted by molar-refractivity contribution is 9.10. The number of methoxy groups -OCH3 is 1. The summed E-state index contributed by atoms with van der Waals surface area (Å²) in [6.45, 7) is 2.49. The van der Waals surface area contributed by atoms with Crippen LogP contribution in [0.25, 0.3) is 0 Å². The first kappa shape index (κ1) is 12.9. The van der Waals surface area contributed by atoms with Crippen molar-refractivity contribution in [3.8, 4) is 0 Å². The van der Waals surface area contributed by atoms with Gasteiger partial charge in [0.25, 0.3) is 5.69 Å². The van der Waals surface area contributed by atoms with Gasteiger partial charge in [-0.3, -0.25) is 10.1 Å². The van der Waals surface area contributed by atoms with Crippen molar-refractivity contribution in [3.63, 3.8) is 0 Å². The number of pyridine rings is 1. The molecule has 0 saturated heterocycles. The molecule has 1 unspecified atom stereocenters. The molecule has 6 nitrogen and oxygen atoms in total. The average Bonchev–Trinajstić information content (AvgIpc) is 2.26. The van der Waals surface area contributed by atoms with Gasteiger partial charge in [-0.2, -0.15) is 0 Å². The van der Waals surface area contributed by atoms with Crippen LogP contribution in [0.15, 0.2) is 16.7 Å². The maximum Gasteiger partial charge on any atom is 0.288 e. The Hall–Kier alpha value is -1.21. The lowest BCUT2D eigenvalue weighted by Gasteiger charge is -2.11. The van der Waals surface area contributed by atoms with Crippen molar-refractivity contribution in [1.82, 2.24) is 4.98 Å². The molecule has 7 heteroatoms. The zero-order chi connectivity index (χ0) is 12.1. The highest BCUT2D eigenvalue weighted by Gasteiger charge is 2.10. The quantitative estimate of drug-likeness (QED) is 0.664. The zero-order valence-corrected chi connectivity index (χ0v) is 10.5. The molecular formula is C9H12BrN3O3. The van der Waals surface area contributed by atoms with Gasteiger partial charge in [0.2, 0.25) is 0 Å². The molecule has 1 aromatic rings. The first-order valence-corrected chi connectivity index (χ1v) is 5.40. The van der Waals surface area contributed by atoms with Crippen LogP contribution in [-0.4, -0.2) is 29.7 Å². The normalized spacial score (nSPS) is 12.2. The molecule has 0 radical (unpaired) electrons. The number of ether oxygens (including phenoxy) is 1. The molecule has 1 rings (SSSR count). The Morgan fingerprint density at radius 1 is 1.75 bits per heavy atom. The predicted molar refractivity (Wildman–Crippen MR) is 63.6 cm³/mol. The van der Waals surface area contributed by atoms with Gasteiger partial charge in [0.15, 0.2) is 0 Å². The largest absolute Gasteiger partial charge is 0.380 e. The van der Waals surface area contributed by atoms with Crippen LogP contribution < -0.4 is 5.32 Å². The van der Waals surface area contributed by atoms with Gasteiger partial charge < -0.3 is 10.1 Å². The van der Waals surface area contributed by atoms with Gasteiger partial charge in [-0.05, 0) is 22.9 Å². The van der Waals surface area contributed by atoms with E-state index in [1.807, 2.05) is 6.92 Å². The van der Waals surface area contributed by atoms with Crippen LogP contribution in [0.3, 0.4) is 0 Å². The fourth-order valence-corrected chi connectivity index (χ4v) is 1.46. The topological polar surface area (TPSA) is 77.3 Å². The van der Waals surface area contributed by atoms with Gasteiger partial charge in [-0.15, -0.1) is 0 Å². The lowest BCUT2D eigenvalue weighted by Crippen LogP contribution is -2.18. The summed E-state index contributed by atoms with van der Waals surface area (Å²) in [4.78, 5) is 13.9. The van der Waals surface area contributed by atoms with Crippen molar-refractivity contribution in [2.45, 2.75) is 13.0 Å². The van der Waals surface area contributed by atoms with E-state index in [4.69, 9.17) is 4.74 Å². The van der Waals surface area contributed by atoms with Crippen molar-refractivity contribution in [2.24, 2.45) is 0 Å². The molecule has 1 aromatic heterocycles. The molecule has 88 valence electrons. The Balaban J connectivity index is 2.72. The molecule has 1 atom stereocenters. The van der Waals surface area contributed by atoms with E-state index in [1.165, 1.54) is 12.3 Å². The van der Waals surface area contributed by atoms with E-state index in [0.29, 0.717) is 16.8 Å². The number of aromatic nitrogens is 1. The fourth-order valence-electron chi connectivity index (χ4n) is 0.981. The minimum atomic E-state index is -0.487. The maximum atomic E-state index is 10.5. The SMILES string of the molecule is COC(C)CNc1ncc([N+](=O)[O-])cc1Br. The first-order valence-electron chi connectivity index (χ1n) is 4.61. The molecule has 0 bridgehead atoms. The van der Waals surface area contributed by atoms with Crippen molar-refractivity contribution in [3.05, 3.63) is 26.9 Å². The molecule has 0 fully saturated rings. The van der Waals surface area contributed by atoms with E-state index in [1.54, 1.807) is 7.11 Å². The molecule has 16 heavy (non-hydrogen) atoms. The van der Waals surface area contributed by atoms with Crippen LogP contribution in [0.2, 0.25) is 0 Å². The average molecular weight is 290 g/mol. The van der Waals surface area contributed by atoms with E-state index in [-0.39, 0.29) is 11.8 Å². The molecule has 1 N–H and O–H groups in total. The number of anilines is 1. The number of nitro groups is 1. The summed E-state index contributed by atoms with van der Waals surface area (Å²) < 4.78 is 5.62. The zero-order valence-electron chi connectivity index (χ0n) is 8.94. The summed E-state index contributed by atoms with van der Waals surface area (Å²) >= 11 is 3.22. The van der Waals surface area contributed by atoms with Crippen LogP contribution in [-0.2, 0) is 4.74 Å². The molecule has 0 aliphatic rings. The number of nitrogens with one attached hydrogen (secondary N) is 1. The minimum absolute atomic E-state index is 0.0442. The number of hydrogen-bond acceptors (Lipinski definition) is 5. The molecule has 0 saturated carbocycles. The highest BCUT2D eigenvalue weighted by Crippen LogP contribution is 2.24. The summed E-state index contributed by atoms with van der Waals surface area (Å²) in [6.07, 6.45) is 1.26. The van der Waals surface area contributed by atoms with E-state index >= 15 is 0 Å². The molecule has 0 aliphatic heterocycles. The predicted octanol–water partition coefficient (Wildman–Crippen LogP) is 2.20. The second kappa shape index (κ2) is 5.76. The van der Waals surface area contributed by atoms with E-state index in [9.17, 15) is 10.1 Å². The lowest BCUT2D eigenvalue weighted by molar-refractivity contribution is -0.385. The number of hydrogen-bond donors (Lipinski definition) is 1. The maximum absolute atomic E-state index is 10.5. The second-order valence-corrected chi connectivity index (χ2v) is 4.06. The van der Waals surface area contributed by atoms with Gasteiger partial charge >= 0.3 is 0 Å². The third kappa shape index (κ3) is 3.42.